The fourth-order valence-electron chi connectivity index (χ4n) is 3.52. The molecule has 35 heavy (non-hydrogen) atoms. The highest BCUT2D eigenvalue weighted by molar-refractivity contribution is 5.94. The summed E-state index contributed by atoms with van der Waals surface area (Å²) in [4.78, 5) is 28.7. The van der Waals surface area contributed by atoms with E-state index >= 15 is 0 Å². The Kier molecular flexibility index (Phi) is 8.94. The Balaban J connectivity index is 0.00000342. The average Bonchev–Trinajstić information content (AvgIpc) is 2.84. The number of nitrogens with one attached hydrogen (secondary N) is 2. The molecule has 0 saturated heterocycles. The Morgan fingerprint density at radius 2 is 1.51 bits per heavy atom. The van der Waals surface area contributed by atoms with Crippen molar-refractivity contribution in [2.45, 2.75) is 6.92 Å². The van der Waals surface area contributed by atoms with E-state index in [-0.39, 0.29) is 19.0 Å². The lowest BCUT2D eigenvalue weighted by Gasteiger charge is -2.16. The van der Waals surface area contributed by atoms with Crippen molar-refractivity contribution in [2.75, 3.05) is 44.4 Å². The monoisotopic (exact) mass is 492 g/mol. The number of pyridine rings is 1. The molecule has 9 heteroatoms. The molecule has 2 aromatic heterocycles. The molecule has 2 N–H and O–H groups in total. The van der Waals surface area contributed by atoms with E-state index < -0.39 is 6.09 Å². The van der Waals surface area contributed by atoms with E-state index in [4.69, 9.17) is 14.7 Å². The number of hydrogen-bond donors (Lipinski definition) is 2. The molecule has 182 valence electrons. The van der Waals surface area contributed by atoms with Gasteiger partial charge < -0.3 is 15.0 Å². The van der Waals surface area contributed by atoms with Crippen LogP contribution in [0.2, 0.25) is 0 Å². The molecule has 0 bridgehead atoms. The number of hydrogen-bond acceptors (Lipinski definition) is 7. The van der Waals surface area contributed by atoms with E-state index in [1.807, 2.05) is 74.8 Å². The minimum Gasteiger partial charge on any atom is -0.450 e. The van der Waals surface area contributed by atoms with Crippen LogP contribution in [-0.4, -0.2) is 59.7 Å². The maximum Gasteiger partial charge on any atom is 0.412 e. The number of fused-ring (bicyclic) bond motifs is 1. The van der Waals surface area contributed by atoms with Crippen molar-refractivity contribution in [2.24, 2.45) is 0 Å². The van der Waals surface area contributed by atoms with Gasteiger partial charge in [0.05, 0.1) is 23.7 Å². The molecule has 0 spiro atoms. The van der Waals surface area contributed by atoms with Crippen molar-refractivity contribution in [3.05, 3.63) is 66.7 Å². The Bertz CT molecular complexity index is 1270. The molecule has 0 radical (unpaired) electrons. The number of halogens is 1. The molecular weight excluding hydrogens is 464 g/mol. The molecule has 4 rings (SSSR count). The highest BCUT2D eigenvalue weighted by Crippen LogP contribution is 2.33. The predicted molar refractivity (Wildman–Crippen MR) is 143 cm³/mol. The molecule has 0 aliphatic rings. The van der Waals surface area contributed by atoms with Crippen molar-refractivity contribution in [1.29, 1.82) is 0 Å². The zero-order valence-corrected chi connectivity index (χ0v) is 20.8. The highest BCUT2D eigenvalue weighted by Gasteiger charge is 2.17. The molecule has 8 nitrogen and oxygen atoms in total. The summed E-state index contributed by atoms with van der Waals surface area (Å²) in [6.07, 6.45) is -0.564. The van der Waals surface area contributed by atoms with Crippen LogP contribution in [0.1, 0.15) is 6.92 Å². The van der Waals surface area contributed by atoms with Gasteiger partial charge in [0.25, 0.3) is 0 Å². The third-order valence-electron chi connectivity index (χ3n) is 5.11. The van der Waals surface area contributed by atoms with Crippen LogP contribution in [0.4, 0.5) is 16.3 Å². The Hall–Kier alpha value is -3.75. The third-order valence-corrected chi connectivity index (χ3v) is 5.11. The lowest BCUT2D eigenvalue weighted by Crippen LogP contribution is -2.21. The third kappa shape index (κ3) is 6.44. The van der Waals surface area contributed by atoms with Crippen LogP contribution in [0.3, 0.4) is 0 Å². The molecule has 2 heterocycles. The van der Waals surface area contributed by atoms with Crippen LogP contribution in [-0.2, 0) is 4.74 Å². The van der Waals surface area contributed by atoms with Gasteiger partial charge in [-0.25, -0.2) is 19.7 Å². The summed E-state index contributed by atoms with van der Waals surface area (Å²) in [6, 6.07) is 21.6. The number of anilines is 2. The summed E-state index contributed by atoms with van der Waals surface area (Å²) in [5, 5.41) is 6.12. The van der Waals surface area contributed by atoms with Crippen LogP contribution in [0, 0.1) is 0 Å². The highest BCUT2D eigenvalue weighted by atomic mass is 35.5. The molecule has 1 amide bonds. The zero-order valence-electron chi connectivity index (χ0n) is 20.0. The maximum absolute atomic E-state index is 12.1. The van der Waals surface area contributed by atoms with Crippen molar-refractivity contribution in [3.8, 4) is 22.5 Å². The number of nitrogens with zero attached hydrogens (tertiary/aromatic N) is 4. The van der Waals surface area contributed by atoms with Gasteiger partial charge in [-0.1, -0.05) is 60.7 Å². The number of carbonyl (C=O) groups is 1. The Morgan fingerprint density at radius 3 is 2.09 bits per heavy atom. The first-order valence-corrected chi connectivity index (χ1v) is 11.2. The molecule has 0 saturated carbocycles. The van der Waals surface area contributed by atoms with Gasteiger partial charge in [0.1, 0.15) is 11.3 Å². The van der Waals surface area contributed by atoms with Crippen molar-refractivity contribution in [1.82, 2.24) is 19.9 Å². The SMILES string of the molecule is CCOC(=O)Nc1cc(NCCN(C)C)c2nc(-c3ccccc3)c(-c3ccccc3)nc2n1.Cl. The van der Waals surface area contributed by atoms with Crippen LogP contribution in [0.25, 0.3) is 33.7 Å². The Labute approximate surface area is 211 Å². The molecule has 0 fully saturated rings. The zero-order chi connectivity index (χ0) is 23.9. The van der Waals surface area contributed by atoms with Crippen LogP contribution < -0.4 is 10.6 Å². The minimum absolute atomic E-state index is 0. The first-order chi connectivity index (χ1) is 16.5. The van der Waals surface area contributed by atoms with E-state index in [9.17, 15) is 4.79 Å². The number of ether oxygens (including phenoxy) is 1. The number of amides is 1. The molecule has 0 aliphatic carbocycles. The maximum atomic E-state index is 12.1. The van der Waals surface area contributed by atoms with E-state index in [0.717, 1.165) is 34.7 Å². The van der Waals surface area contributed by atoms with Crippen LogP contribution in [0.5, 0.6) is 0 Å². The van der Waals surface area contributed by atoms with Gasteiger partial charge in [-0.3, -0.25) is 5.32 Å². The van der Waals surface area contributed by atoms with Gasteiger partial charge in [0.15, 0.2) is 5.65 Å². The summed E-state index contributed by atoms with van der Waals surface area (Å²) in [6.45, 7) is 3.54. The lowest BCUT2D eigenvalue weighted by atomic mass is 10.0. The van der Waals surface area contributed by atoms with Crippen molar-refractivity contribution < 1.29 is 9.53 Å². The number of likely N-dealkylation sites (N-methyl/N-ethyl adjacent to an activating group) is 1. The van der Waals surface area contributed by atoms with Gasteiger partial charge in [-0.05, 0) is 21.0 Å². The van der Waals surface area contributed by atoms with E-state index in [1.165, 1.54) is 0 Å². The summed E-state index contributed by atoms with van der Waals surface area (Å²) in [5.74, 6) is 0.346. The van der Waals surface area contributed by atoms with Crippen molar-refractivity contribution in [3.63, 3.8) is 0 Å². The molecule has 2 aromatic carbocycles. The summed E-state index contributed by atoms with van der Waals surface area (Å²) >= 11 is 0. The molecule has 4 aromatic rings. The fraction of sp³-hybridized carbons (Fsp3) is 0.231. The fourth-order valence-corrected chi connectivity index (χ4v) is 3.52. The number of carbonyl (C=O) groups excluding carboxylic acids is 1. The normalized spacial score (nSPS) is 10.6. The second kappa shape index (κ2) is 12.1. The van der Waals surface area contributed by atoms with Crippen molar-refractivity contribution >= 4 is 41.2 Å². The number of benzene rings is 2. The van der Waals surface area contributed by atoms with Gasteiger partial charge in [-0.15, -0.1) is 12.4 Å². The topological polar surface area (TPSA) is 92.3 Å². The van der Waals surface area contributed by atoms with E-state index in [0.29, 0.717) is 23.5 Å². The summed E-state index contributed by atoms with van der Waals surface area (Å²) < 4.78 is 5.03. The van der Waals surface area contributed by atoms with Gasteiger partial charge in [0.2, 0.25) is 0 Å². The molecule has 0 unspecified atom stereocenters. The van der Waals surface area contributed by atoms with Gasteiger partial charge >= 0.3 is 6.09 Å². The largest absolute Gasteiger partial charge is 0.450 e. The van der Waals surface area contributed by atoms with E-state index in [1.54, 1.807) is 13.0 Å². The number of rotatable bonds is 8. The van der Waals surface area contributed by atoms with Gasteiger partial charge in [0, 0.05) is 30.3 Å². The minimum atomic E-state index is -0.564. The molecule has 0 aliphatic heterocycles. The van der Waals surface area contributed by atoms with E-state index in [2.05, 4.69) is 20.5 Å². The summed E-state index contributed by atoms with van der Waals surface area (Å²) in [7, 11) is 4.03. The Morgan fingerprint density at radius 1 is 0.914 bits per heavy atom. The first-order valence-electron chi connectivity index (χ1n) is 11.2. The van der Waals surface area contributed by atoms with Crippen LogP contribution >= 0.6 is 12.4 Å². The smallest absolute Gasteiger partial charge is 0.412 e. The average molecular weight is 493 g/mol. The quantitative estimate of drug-likeness (QED) is 0.343. The number of aromatic nitrogens is 3. The standard InChI is InChI=1S/C26H28N6O2.ClH/c1-4-34-26(33)29-21-17-20(27-15-16-32(2)3)24-25(28-21)31-23(19-13-9-6-10-14-19)22(30-24)18-11-7-5-8-12-18;/h5-14,17H,4,15-16H2,1-3H3,(H2,27,28,29,31,33);1H. The molecule has 0 atom stereocenters. The first kappa shape index (κ1) is 25.9. The van der Waals surface area contributed by atoms with Gasteiger partial charge in [-0.2, -0.15) is 0 Å². The van der Waals surface area contributed by atoms with Crippen LogP contribution in [0.15, 0.2) is 66.7 Å². The predicted octanol–water partition coefficient (Wildman–Crippen LogP) is 5.32. The summed E-state index contributed by atoms with van der Waals surface area (Å²) in [5.41, 5.74) is 5.18. The lowest BCUT2D eigenvalue weighted by molar-refractivity contribution is 0.168. The second-order valence-corrected chi connectivity index (χ2v) is 7.96. The second-order valence-electron chi connectivity index (χ2n) is 7.96. The molecular formula is C26H29ClN6O2.